The molecule has 0 aromatic rings. The van der Waals surface area contributed by atoms with Crippen molar-refractivity contribution >= 4 is 5.97 Å². The Morgan fingerprint density at radius 3 is 1.92 bits per heavy atom. The molecule has 0 spiro atoms. The molecule has 0 bridgehead atoms. The molecule has 0 atom stereocenters. The highest BCUT2D eigenvalue weighted by atomic mass is 16.4. The van der Waals surface area contributed by atoms with Crippen molar-refractivity contribution in [3.05, 3.63) is 0 Å². The Balaban J connectivity index is 0.000000561. The third kappa shape index (κ3) is 2.81. The molecule has 0 amide bonds. The van der Waals surface area contributed by atoms with E-state index in [0.29, 0.717) is 12.8 Å². The van der Waals surface area contributed by atoms with Gasteiger partial charge >= 0.3 is 5.97 Å². The summed E-state index contributed by atoms with van der Waals surface area (Å²) >= 11 is 0. The first-order chi connectivity index (χ1) is 5.65. The predicted molar refractivity (Wildman–Crippen MR) is 49.0 cm³/mol. The Bertz CT molecular complexity index is 139. The van der Waals surface area contributed by atoms with E-state index in [2.05, 4.69) is 0 Å². The van der Waals surface area contributed by atoms with Gasteiger partial charge < -0.3 is 10.8 Å². The van der Waals surface area contributed by atoms with E-state index >= 15 is 0 Å². The monoisotopic (exact) mass is 173 g/mol. The van der Waals surface area contributed by atoms with Crippen LogP contribution in [0.25, 0.3) is 0 Å². The molecule has 1 aliphatic rings. The molecule has 0 heterocycles. The minimum atomic E-state index is -0.905. The summed E-state index contributed by atoms with van der Waals surface area (Å²) in [5, 5.41) is 8.67. The van der Waals surface area contributed by atoms with Gasteiger partial charge in [0.25, 0.3) is 0 Å². The van der Waals surface area contributed by atoms with Crippen LogP contribution in [0.15, 0.2) is 0 Å². The smallest absolute Gasteiger partial charge is 0.323 e. The van der Waals surface area contributed by atoms with Crippen LogP contribution in [0.1, 0.15) is 46.0 Å². The number of carboxylic acid groups (broad SMARTS) is 1. The zero-order chi connectivity index (χ0) is 9.61. The number of carboxylic acids is 1. The van der Waals surface area contributed by atoms with Gasteiger partial charge in [-0.2, -0.15) is 0 Å². The van der Waals surface area contributed by atoms with Gasteiger partial charge in [0.15, 0.2) is 0 Å². The highest BCUT2D eigenvalue weighted by Gasteiger charge is 2.34. The fourth-order valence-corrected chi connectivity index (χ4v) is 1.40. The lowest BCUT2D eigenvalue weighted by Crippen LogP contribution is -2.49. The van der Waals surface area contributed by atoms with Gasteiger partial charge in [0.1, 0.15) is 5.54 Å². The van der Waals surface area contributed by atoms with E-state index in [1.54, 1.807) is 0 Å². The summed E-state index contributed by atoms with van der Waals surface area (Å²) in [6.07, 6.45) is 4.34. The number of rotatable bonds is 1. The van der Waals surface area contributed by atoms with Gasteiger partial charge in [-0.25, -0.2) is 0 Å². The van der Waals surface area contributed by atoms with Gasteiger partial charge in [-0.3, -0.25) is 4.79 Å². The molecular formula is C9H19NO2. The summed E-state index contributed by atoms with van der Waals surface area (Å²) in [4.78, 5) is 10.6. The van der Waals surface area contributed by atoms with E-state index in [1.807, 2.05) is 13.8 Å². The fourth-order valence-electron chi connectivity index (χ4n) is 1.40. The Hall–Kier alpha value is -0.570. The highest BCUT2D eigenvalue weighted by molar-refractivity contribution is 5.78. The van der Waals surface area contributed by atoms with Gasteiger partial charge in [0.05, 0.1) is 0 Å². The lowest BCUT2D eigenvalue weighted by atomic mass is 9.83. The van der Waals surface area contributed by atoms with Crippen LogP contribution in [0.4, 0.5) is 0 Å². The molecule has 1 aliphatic carbocycles. The van der Waals surface area contributed by atoms with E-state index in [0.717, 1.165) is 19.3 Å². The Kier molecular flexibility index (Phi) is 4.90. The highest BCUT2D eigenvalue weighted by Crippen LogP contribution is 2.25. The molecular weight excluding hydrogens is 154 g/mol. The zero-order valence-corrected chi connectivity index (χ0v) is 7.97. The Labute approximate surface area is 74.0 Å². The molecule has 3 nitrogen and oxygen atoms in total. The molecule has 1 saturated carbocycles. The fraction of sp³-hybridized carbons (Fsp3) is 0.889. The van der Waals surface area contributed by atoms with E-state index < -0.39 is 11.5 Å². The predicted octanol–water partition coefficient (Wildman–Crippen LogP) is 1.76. The second-order valence-electron chi connectivity index (χ2n) is 3.02. The quantitative estimate of drug-likeness (QED) is 0.635. The SMILES string of the molecule is CC.NC1(C(=O)O)CCCCC1. The van der Waals surface area contributed by atoms with Crippen molar-refractivity contribution in [1.29, 1.82) is 0 Å². The topological polar surface area (TPSA) is 63.3 Å². The van der Waals surface area contributed by atoms with Crippen LogP contribution in [0, 0.1) is 0 Å². The first-order valence-electron chi connectivity index (χ1n) is 4.67. The van der Waals surface area contributed by atoms with E-state index in [1.165, 1.54) is 0 Å². The van der Waals surface area contributed by atoms with Crippen molar-refractivity contribution in [3.63, 3.8) is 0 Å². The molecule has 0 aromatic heterocycles. The number of hydrogen-bond donors (Lipinski definition) is 2. The summed E-state index contributed by atoms with van der Waals surface area (Å²) in [5.41, 5.74) is 4.70. The van der Waals surface area contributed by atoms with Gasteiger partial charge in [-0.15, -0.1) is 0 Å². The van der Waals surface area contributed by atoms with Crippen molar-refractivity contribution in [2.75, 3.05) is 0 Å². The minimum Gasteiger partial charge on any atom is -0.480 e. The normalized spacial score (nSPS) is 20.6. The second kappa shape index (κ2) is 5.14. The Morgan fingerprint density at radius 2 is 1.67 bits per heavy atom. The minimum absolute atomic E-state index is 0.641. The molecule has 3 N–H and O–H groups in total. The van der Waals surface area contributed by atoms with Crippen molar-refractivity contribution < 1.29 is 9.90 Å². The maximum atomic E-state index is 10.6. The van der Waals surface area contributed by atoms with Gasteiger partial charge in [0, 0.05) is 0 Å². The standard InChI is InChI=1S/C7H13NO2.C2H6/c8-7(6(9)10)4-2-1-3-5-7;1-2/h1-5,8H2,(H,9,10);1-2H3. The maximum Gasteiger partial charge on any atom is 0.323 e. The molecule has 3 heteroatoms. The second-order valence-corrected chi connectivity index (χ2v) is 3.02. The summed E-state index contributed by atoms with van der Waals surface area (Å²) in [6, 6.07) is 0. The van der Waals surface area contributed by atoms with Gasteiger partial charge in [-0.05, 0) is 12.8 Å². The van der Waals surface area contributed by atoms with Crippen LogP contribution in [0.5, 0.6) is 0 Å². The van der Waals surface area contributed by atoms with Crippen LogP contribution in [0.2, 0.25) is 0 Å². The molecule has 0 unspecified atom stereocenters. The first-order valence-corrected chi connectivity index (χ1v) is 4.67. The van der Waals surface area contributed by atoms with E-state index in [4.69, 9.17) is 10.8 Å². The van der Waals surface area contributed by atoms with Crippen molar-refractivity contribution in [3.8, 4) is 0 Å². The summed E-state index contributed by atoms with van der Waals surface area (Å²) in [5.74, 6) is -0.841. The summed E-state index contributed by atoms with van der Waals surface area (Å²) in [7, 11) is 0. The third-order valence-corrected chi connectivity index (χ3v) is 2.17. The average Bonchev–Trinajstić information content (AvgIpc) is 2.09. The lowest BCUT2D eigenvalue weighted by Gasteiger charge is -2.28. The number of nitrogens with two attached hydrogens (primary N) is 1. The molecule has 12 heavy (non-hydrogen) atoms. The average molecular weight is 173 g/mol. The number of aliphatic carboxylic acids is 1. The van der Waals surface area contributed by atoms with Gasteiger partial charge in [0.2, 0.25) is 0 Å². The zero-order valence-electron chi connectivity index (χ0n) is 7.97. The molecule has 0 aromatic carbocycles. The van der Waals surface area contributed by atoms with E-state index in [-0.39, 0.29) is 0 Å². The van der Waals surface area contributed by atoms with Gasteiger partial charge in [-0.1, -0.05) is 33.1 Å². The largest absolute Gasteiger partial charge is 0.480 e. The van der Waals surface area contributed by atoms with Crippen molar-refractivity contribution in [2.24, 2.45) is 5.73 Å². The number of hydrogen-bond acceptors (Lipinski definition) is 2. The molecule has 1 fully saturated rings. The van der Waals surface area contributed by atoms with Crippen LogP contribution >= 0.6 is 0 Å². The molecule has 0 aliphatic heterocycles. The van der Waals surface area contributed by atoms with Crippen LogP contribution in [-0.4, -0.2) is 16.6 Å². The van der Waals surface area contributed by atoms with Crippen molar-refractivity contribution in [1.82, 2.24) is 0 Å². The van der Waals surface area contributed by atoms with Crippen LogP contribution in [-0.2, 0) is 4.79 Å². The summed E-state index contributed by atoms with van der Waals surface area (Å²) in [6.45, 7) is 4.00. The van der Waals surface area contributed by atoms with E-state index in [9.17, 15) is 4.79 Å². The van der Waals surface area contributed by atoms with Crippen LogP contribution < -0.4 is 5.73 Å². The number of carbonyl (C=O) groups is 1. The first kappa shape index (κ1) is 11.4. The Morgan fingerprint density at radius 1 is 1.25 bits per heavy atom. The third-order valence-electron chi connectivity index (χ3n) is 2.17. The molecule has 72 valence electrons. The molecule has 1 rings (SSSR count). The van der Waals surface area contributed by atoms with Crippen molar-refractivity contribution in [2.45, 2.75) is 51.5 Å². The molecule has 0 radical (unpaired) electrons. The summed E-state index contributed by atoms with van der Waals surface area (Å²) < 4.78 is 0. The molecule has 0 saturated heterocycles. The lowest BCUT2D eigenvalue weighted by molar-refractivity contribution is -0.144. The maximum absolute atomic E-state index is 10.6. The van der Waals surface area contributed by atoms with Crippen LogP contribution in [0.3, 0.4) is 0 Å².